The third-order valence-corrected chi connectivity index (χ3v) is 2.03. The molecule has 0 atom stereocenters. The zero-order valence-electron chi connectivity index (χ0n) is 7.40. The van der Waals surface area contributed by atoms with Crippen LogP contribution < -0.4 is 0 Å². The Morgan fingerprint density at radius 1 is 1.36 bits per heavy atom. The molecule has 0 aliphatic heterocycles. The van der Waals surface area contributed by atoms with E-state index >= 15 is 0 Å². The molecule has 0 amide bonds. The van der Waals surface area contributed by atoms with Gasteiger partial charge in [-0.05, 0) is 17.7 Å². The molecule has 0 radical (unpaired) electrons. The lowest BCUT2D eigenvalue weighted by Gasteiger charge is -1.89. The Morgan fingerprint density at radius 3 is 2.93 bits per heavy atom. The predicted octanol–water partition coefficient (Wildman–Crippen LogP) is 2.27. The van der Waals surface area contributed by atoms with Crippen LogP contribution in [0.1, 0.15) is 5.56 Å². The average Bonchev–Trinajstić information content (AvgIpc) is 2.58. The van der Waals surface area contributed by atoms with Crippen molar-refractivity contribution < 1.29 is 9.90 Å². The third-order valence-electron chi connectivity index (χ3n) is 2.03. The van der Waals surface area contributed by atoms with E-state index in [9.17, 15) is 4.79 Å². The van der Waals surface area contributed by atoms with Gasteiger partial charge in [0.25, 0.3) is 0 Å². The molecule has 70 valence electrons. The summed E-state index contributed by atoms with van der Waals surface area (Å²) in [5.41, 5.74) is 1.90. The van der Waals surface area contributed by atoms with Gasteiger partial charge < -0.3 is 10.1 Å². The van der Waals surface area contributed by atoms with E-state index in [0.717, 1.165) is 22.5 Å². The Kier molecular flexibility index (Phi) is 2.07. The first-order chi connectivity index (χ1) is 6.77. The molecule has 0 spiro atoms. The summed E-state index contributed by atoms with van der Waals surface area (Å²) in [4.78, 5) is 13.4. The van der Waals surface area contributed by atoms with E-state index in [0.29, 0.717) is 0 Å². The molecular formula is C11H9NO2. The molecule has 3 heteroatoms. The maximum atomic E-state index is 10.3. The number of benzene rings is 1. The van der Waals surface area contributed by atoms with E-state index in [-0.39, 0.29) is 0 Å². The van der Waals surface area contributed by atoms with Crippen LogP contribution in [0.15, 0.2) is 36.5 Å². The van der Waals surface area contributed by atoms with Crippen molar-refractivity contribution in [3.8, 4) is 0 Å². The molecule has 14 heavy (non-hydrogen) atoms. The maximum absolute atomic E-state index is 10.3. The minimum atomic E-state index is -0.935. The Morgan fingerprint density at radius 2 is 2.14 bits per heavy atom. The summed E-state index contributed by atoms with van der Waals surface area (Å²) in [7, 11) is 0. The number of hydrogen-bond acceptors (Lipinski definition) is 1. The highest BCUT2D eigenvalue weighted by atomic mass is 16.4. The number of aromatic nitrogens is 1. The van der Waals surface area contributed by atoms with E-state index in [2.05, 4.69) is 4.98 Å². The number of hydrogen-bond donors (Lipinski definition) is 2. The quantitative estimate of drug-likeness (QED) is 0.708. The molecule has 0 fully saturated rings. The summed E-state index contributed by atoms with van der Waals surface area (Å²) in [5, 5.41) is 9.52. The summed E-state index contributed by atoms with van der Waals surface area (Å²) in [5.74, 6) is -0.935. The number of H-pyrrole nitrogens is 1. The van der Waals surface area contributed by atoms with Gasteiger partial charge in [0.15, 0.2) is 0 Å². The van der Waals surface area contributed by atoms with Gasteiger partial charge in [0.05, 0.1) is 0 Å². The van der Waals surface area contributed by atoms with Gasteiger partial charge in [-0.1, -0.05) is 18.2 Å². The van der Waals surface area contributed by atoms with Crippen LogP contribution in [0.5, 0.6) is 0 Å². The monoisotopic (exact) mass is 187 g/mol. The number of aliphatic carboxylic acids is 1. The highest BCUT2D eigenvalue weighted by Gasteiger charge is 1.98. The van der Waals surface area contributed by atoms with Crippen molar-refractivity contribution in [2.45, 2.75) is 0 Å². The number of carboxylic acid groups (broad SMARTS) is 1. The largest absolute Gasteiger partial charge is 0.478 e. The highest BCUT2D eigenvalue weighted by molar-refractivity contribution is 5.93. The first-order valence-corrected chi connectivity index (χ1v) is 4.24. The van der Waals surface area contributed by atoms with Gasteiger partial charge in [-0.25, -0.2) is 4.79 Å². The van der Waals surface area contributed by atoms with Crippen LogP contribution >= 0.6 is 0 Å². The number of rotatable bonds is 2. The SMILES string of the molecule is O=C(O)/C=C\c1c[nH]c2ccccc12. The van der Waals surface area contributed by atoms with Gasteiger partial charge in [0.2, 0.25) is 0 Å². The van der Waals surface area contributed by atoms with Crippen molar-refractivity contribution in [3.63, 3.8) is 0 Å². The molecular weight excluding hydrogens is 178 g/mol. The van der Waals surface area contributed by atoms with E-state index in [1.807, 2.05) is 24.3 Å². The van der Waals surface area contributed by atoms with E-state index < -0.39 is 5.97 Å². The van der Waals surface area contributed by atoms with Crippen molar-refractivity contribution in [1.82, 2.24) is 4.98 Å². The number of nitrogens with one attached hydrogen (secondary N) is 1. The molecule has 2 rings (SSSR count). The summed E-state index contributed by atoms with van der Waals surface area (Å²) in [6.07, 6.45) is 4.51. The molecule has 0 saturated heterocycles. The van der Waals surface area contributed by atoms with Crippen LogP contribution in [0, 0.1) is 0 Å². The molecule has 0 aliphatic rings. The number of para-hydroxylation sites is 1. The lowest BCUT2D eigenvalue weighted by Crippen LogP contribution is -1.84. The molecule has 0 unspecified atom stereocenters. The summed E-state index contributed by atoms with van der Waals surface area (Å²) < 4.78 is 0. The Balaban J connectivity index is 2.48. The van der Waals surface area contributed by atoms with E-state index in [4.69, 9.17) is 5.11 Å². The molecule has 0 saturated carbocycles. The molecule has 0 aliphatic carbocycles. The topological polar surface area (TPSA) is 53.1 Å². The first-order valence-electron chi connectivity index (χ1n) is 4.24. The second-order valence-electron chi connectivity index (χ2n) is 2.96. The lowest BCUT2D eigenvalue weighted by atomic mass is 10.1. The van der Waals surface area contributed by atoms with Gasteiger partial charge in [0.1, 0.15) is 0 Å². The molecule has 1 aromatic carbocycles. The van der Waals surface area contributed by atoms with Crippen LogP contribution in [-0.4, -0.2) is 16.1 Å². The van der Waals surface area contributed by atoms with Gasteiger partial charge in [-0.2, -0.15) is 0 Å². The van der Waals surface area contributed by atoms with Crippen molar-refractivity contribution >= 4 is 22.9 Å². The standard InChI is InChI=1S/C11H9NO2/c13-11(14)6-5-8-7-12-10-4-2-1-3-9(8)10/h1-7,12H,(H,13,14)/b6-5-. The van der Waals surface area contributed by atoms with Crippen molar-refractivity contribution in [3.05, 3.63) is 42.1 Å². The van der Waals surface area contributed by atoms with Gasteiger partial charge in [-0.15, -0.1) is 0 Å². The van der Waals surface area contributed by atoms with E-state index in [1.54, 1.807) is 12.3 Å². The Labute approximate surface area is 80.7 Å². The minimum absolute atomic E-state index is 0.892. The molecule has 3 nitrogen and oxygen atoms in total. The molecule has 1 aromatic heterocycles. The van der Waals surface area contributed by atoms with Gasteiger partial charge in [0, 0.05) is 23.2 Å². The van der Waals surface area contributed by atoms with Crippen LogP contribution in [0.3, 0.4) is 0 Å². The number of carbonyl (C=O) groups is 1. The Hall–Kier alpha value is -2.03. The highest BCUT2D eigenvalue weighted by Crippen LogP contribution is 2.18. The number of carboxylic acids is 1. The fourth-order valence-corrected chi connectivity index (χ4v) is 1.39. The number of fused-ring (bicyclic) bond motifs is 1. The van der Waals surface area contributed by atoms with Crippen molar-refractivity contribution in [1.29, 1.82) is 0 Å². The first kappa shape index (κ1) is 8.56. The molecule has 2 aromatic rings. The van der Waals surface area contributed by atoms with Crippen molar-refractivity contribution in [2.24, 2.45) is 0 Å². The third kappa shape index (κ3) is 1.52. The molecule has 1 heterocycles. The molecule has 0 bridgehead atoms. The zero-order valence-corrected chi connectivity index (χ0v) is 7.40. The van der Waals surface area contributed by atoms with Crippen molar-refractivity contribution in [2.75, 3.05) is 0 Å². The van der Waals surface area contributed by atoms with Crippen LogP contribution in [-0.2, 0) is 4.79 Å². The van der Waals surface area contributed by atoms with Crippen LogP contribution in [0.4, 0.5) is 0 Å². The van der Waals surface area contributed by atoms with Gasteiger partial charge >= 0.3 is 5.97 Å². The summed E-state index contributed by atoms with van der Waals surface area (Å²) in [6, 6.07) is 7.76. The minimum Gasteiger partial charge on any atom is -0.478 e. The van der Waals surface area contributed by atoms with Gasteiger partial charge in [-0.3, -0.25) is 0 Å². The number of aromatic amines is 1. The normalized spacial score (nSPS) is 11.1. The second kappa shape index (κ2) is 3.38. The van der Waals surface area contributed by atoms with E-state index in [1.165, 1.54) is 0 Å². The Bertz CT molecular complexity index is 497. The smallest absolute Gasteiger partial charge is 0.328 e. The zero-order chi connectivity index (χ0) is 9.97. The lowest BCUT2D eigenvalue weighted by molar-refractivity contribution is -0.131. The summed E-state index contributed by atoms with van der Waals surface area (Å²) >= 11 is 0. The average molecular weight is 187 g/mol. The summed E-state index contributed by atoms with van der Waals surface area (Å²) in [6.45, 7) is 0. The molecule has 2 N–H and O–H groups in total. The predicted molar refractivity (Wildman–Crippen MR) is 55.0 cm³/mol. The fourth-order valence-electron chi connectivity index (χ4n) is 1.39. The maximum Gasteiger partial charge on any atom is 0.328 e. The van der Waals surface area contributed by atoms with Crippen LogP contribution in [0.2, 0.25) is 0 Å². The second-order valence-corrected chi connectivity index (χ2v) is 2.96. The fraction of sp³-hybridized carbons (Fsp3) is 0. The van der Waals surface area contributed by atoms with Crippen LogP contribution in [0.25, 0.3) is 17.0 Å².